The highest BCUT2D eigenvalue weighted by Crippen LogP contribution is 2.27. The molecule has 0 saturated carbocycles. The van der Waals surface area contributed by atoms with E-state index in [0.717, 1.165) is 22.9 Å². The van der Waals surface area contributed by atoms with Gasteiger partial charge in [-0.3, -0.25) is 4.98 Å². The molecule has 17 heavy (non-hydrogen) atoms. The molecule has 0 spiro atoms. The van der Waals surface area contributed by atoms with Crippen LogP contribution in [0.2, 0.25) is 0 Å². The Morgan fingerprint density at radius 1 is 1.35 bits per heavy atom. The van der Waals surface area contributed by atoms with Crippen LogP contribution in [0.3, 0.4) is 0 Å². The molecule has 0 radical (unpaired) electrons. The monoisotopic (exact) mass is 230 g/mol. The number of aliphatic hydroxyl groups is 1. The minimum atomic E-state index is -0.930. The molecule has 2 aromatic rings. The van der Waals surface area contributed by atoms with Crippen LogP contribution >= 0.6 is 0 Å². The molecule has 0 aliphatic rings. The van der Waals surface area contributed by atoms with E-state index in [1.54, 1.807) is 6.20 Å². The van der Waals surface area contributed by atoms with Gasteiger partial charge in [0.1, 0.15) is 5.60 Å². The van der Waals surface area contributed by atoms with E-state index in [2.05, 4.69) is 4.98 Å². The maximum atomic E-state index is 10.5. The average Bonchev–Trinajstić information content (AvgIpc) is 2.38. The van der Waals surface area contributed by atoms with E-state index in [1.165, 1.54) is 0 Å². The first-order valence-corrected chi connectivity index (χ1v) is 5.97. The standard InChI is InChI=1S/C14H18N2O/c1-2-7-14(17,10-15)12-6-5-11-4-3-8-16-13(11)9-12/h3-6,8-9,17H,2,7,10,15H2,1H3. The number of pyridine rings is 1. The maximum Gasteiger partial charge on any atom is 0.102 e. The van der Waals surface area contributed by atoms with Crippen LogP contribution < -0.4 is 5.73 Å². The molecule has 0 bridgehead atoms. The van der Waals surface area contributed by atoms with Crippen LogP contribution in [0.15, 0.2) is 36.5 Å². The van der Waals surface area contributed by atoms with Gasteiger partial charge in [-0.15, -0.1) is 0 Å². The Hall–Kier alpha value is -1.45. The zero-order valence-electron chi connectivity index (χ0n) is 10.1. The molecular formula is C14H18N2O. The highest BCUT2D eigenvalue weighted by Gasteiger charge is 2.26. The summed E-state index contributed by atoms with van der Waals surface area (Å²) in [5.74, 6) is 0. The molecule has 90 valence electrons. The van der Waals surface area contributed by atoms with Crippen molar-refractivity contribution in [2.24, 2.45) is 5.73 Å². The number of hydrogen-bond acceptors (Lipinski definition) is 3. The number of aromatic nitrogens is 1. The zero-order valence-corrected chi connectivity index (χ0v) is 10.1. The summed E-state index contributed by atoms with van der Waals surface area (Å²) in [6.45, 7) is 2.28. The Morgan fingerprint density at radius 3 is 2.88 bits per heavy atom. The van der Waals surface area contributed by atoms with Gasteiger partial charge in [-0.1, -0.05) is 31.5 Å². The predicted molar refractivity (Wildman–Crippen MR) is 69.6 cm³/mol. The lowest BCUT2D eigenvalue weighted by atomic mass is 9.89. The van der Waals surface area contributed by atoms with Gasteiger partial charge in [-0.05, 0) is 24.1 Å². The van der Waals surface area contributed by atoms with Crippen molar-refractivity contribution in [2.45, 2.75) is 25.4 Å². The predicted octanol–water partition coefficient (Wildman–Crippen LogP) is 2.18. The quantitative estimate of drug-likeness (QED) is 0.846. The number of rotatable bonds is 4. The van der Waals surface area contributed by atoms with E-state index in [-0.39, 0.29) is 6.54 Å². The van der Waals surface area contributed by atoms with Gasteiger partial charge in [0.15, 0.2) is 0 Å². The van der Waals surface area contributed by atoms with Gasteiger partial charge in [0.25, 0.3) is 0 Å². The lowest BCUT2D eigenvalue weighted by molar-refractivity contribution is 0.0360. The third-order valence-corrected chi connectivity index (χ3v) is 3.14. The number of fused-ring (bicyclic) bond motifs is 1. The summed E-state index contributed by atoms with van der Waals surface area (Å²) in [4.78, 5) is 4.30. The lowest BCUT2D eigenvalue weighted by Crippen LogP contribution is -2.34. The molecule has 1 heterocycles. The second-order valence-electron chi connectivity index (χ2n) is 4.40. The number of hydrogen-bond donors (Lipinski definition) is 2. The second kappa shape index (κ2) is 4.82. The Balaban J connectivity index is 2.47. The normalized spacial score (nSPS) is 14.8. The smallest absolute Gasteiger partial charge is 0.102 e. The van der Waals surface area contributed by atoms with Crippen molar-refractivity contribution in [3.05, 3.63) is 42.1 Å². The molecule has 3 N–H and O–H groups in total. The molecule has 3 heteroatoms. The highest BCUT2D eigenvalue weighted by molar-refractivity contribution is 5.79. The fourth-order valence-electron chi connectivity index (χ4n) is 2.13. The Labute approximate surface area is 101 Å². The summed E-state index contributed by atoms with van der Waals surface area (Å²) in [7, 11) is 0. The van der Waals surface area contributed by atoms with Crippen molar-refractivity contribution < 1.29 is 5.11 Å². The minimum Gasteiger partial charge on any atom is -0.384 e. The van der Waals surface area contributed by atoms with E-state index in [1.807, 2.05) is 37.3 Å². The van der Waals surface area contributed by atoms with E-state index < -0.39 is 5.60 Å². The summed E-state index contributed by atoms with van der Waals surface area (Å²) >= 11 is 0. The molecule has 2 rings (SSSR count). The summed E-state index contributed by atoms with van der Waals surface area (Å²) in [5.41, 5.74) is 6.52. The molecule has 0 aliphatic heterocycles. The summed E-state index contributed by atoms with van der Waals surface area (Å²) in [5, 5.41) is 11.6. The van der Waals surface area contributed by atoms with Crippen LogP contribution in [0.25, 0.3) is 10.9 Å². The SMILES string of the molecule is CCCC(O)(CN)c1ccc2cccnc2c1. The molecule has 3 nitrogen and oxygen atoms in total. The van der Waals surface area contributed by atoms with Crippen molar-refractivity contribution in [3.8, 4) is 0 Å². The number of benzene rings is 1. The van der Waals surface area contributed by atoms with Crippen LogP contribution in [-0.2, 0) is 5.60 Å². The number of nitrogens with zero attached hydrogens (tertiary/aromatic N) is 1. The largest absolute Gasteiger partial charge is 0.384 e. The van der Waals surface area contributed by atoms with E-state index >= 15 is 0 Å². The third kappa shape index (κ3) is 2.30. The molecule has 1 unspecified atom stereocenters. The topological polar surface area (TPSA) is 59.1 Å². The third-order valence-electron chi connectivity index (χ3n) is 3.14. The first-order valence-electron chi connectivity index (χ1n) is 5.97. The van der Waals surface area contributed by atoms with Crippen LogP contribution in [0.1, 0.15) is 25.3 Å². The van der Waals surface area contributed by atoms with Crippen LogP contribution in [0, 0.1) is 0 Å². The average molecular weight is 230 g/mol. The van der Waals surface area contributed by atoms with Crippen LogP contribution in [-0.4, -0.2) is 16.6 Å². The number of nitrogens with two attached hydrogens (primary N) is 1. The molecule has 0 amide bonds. The van der Waals surface area contributed by atoms with Crippen molar-refractivity contribution in [2.75, 3.05) is 6.54 Å². The second-order valence-corrected chi connectivity index (χ2v) is 4.40. The molecule has 1 aromatic carbocycles. The van der Waals surface area contributed by atoms with Crippen molar-refractivity contribution >= 4 is 10.9 Å². The lowest BCUT2D eigenvalue weighted by Gasteiger charge is -2.26. The molecular weight excluding hydrogens is 212 g/mol. The van der Waals surface area contributed by atoms with Crippen LogP contribution in [0.5, 0.6) is 0 Å². The Bertz CT molecular complexity index is 512. The van der Waals surface area contributed by atoms with Gasteiger partial charge in [-0.2, -0.15) is 0 Å². The highest BCUT2D eigenvalue weighted by atomic mass is 16.3. The molecule has 0 aliphatic carbocycles. The Morgan fingerprint density at radius 2 is 2.18 bits per heavy atom. The first kappa shape index (κ1) is 12.0. The fourth-order valence-corrected chi connectivity index (χ4v) is 2.13. The first-order chi connectivity index (χ1) is 8.19. The minimum absolute atomic E-state index is 0.235. The Kier molecular flexibility index (Phi) is 3.41. The molecule has 1 aromatic heterocycles. The fraction of sp³-hybridized carbons (Fsp3) is 0.357. The van der Waals surface area contributed by atoms with Gasteiger partial charge in [0.05, 0.1) is 5.52 Å². The van der Waals surface area contributed by atoms with Crippen molar-refractivity contribution in [1.29, 1.82) is 0 Å². The molecule has 0 saturated heterocycles. The van der Waals surface area contributed by atoms with Gasteiger partial charge in [0, 0.05) is 18.1 Å². The summed E-state index contributed by atoms with van der Waals surface area (Å²) in [6, 6.07) is 9.76. The molecule has 1 atom stereocenters. The van der Waals surface area contributed by atoms with E-state index in [9.17, 15) is 5.11 Å². The zero-order chi connectivity index (χ0) is 12.3. The van der Waals surface area contributed by atoms with Crippen molar-refractivity contribution in [3.63, 3.8) is 0 Å². The van der Waals surface area contributed by atoms with Crippen molar-refractivity contribution in [1.82, 2.24) is 4.98 Å². The van der Waals surface area contributed by atoms with Gasteiger partial charge in [0.2, 0.25) is 0 Å². The summed E-state index contributed by atoms with van der Waals surface area (Å²) < 4.78 is 0. The van der Waals surface area contributed by atoms with Gasteiger partial charge < -0.3 is 10.8 Å². The van der Waals surface area contributed by atoms with Gasteiger partial charge >= 0.3 is 0 Å². The summed E-state index contributed by atoms with van der Waals surface area (Å²) in [6.07, 6.45) is 3.32. The van der Waals surface area contributed by atoms with E-state index in [0.29, 0.717) is 6.42 Å². The molecule has 0 fully saturated rings. The maximum absolute atomic E-state index is 10.5. The van der Waals surface area contributed by atoms with Gasteiger partial charge in [-0.25, -0.2) is 0 Å². The van der Waals surface area contributed by atoms with E-state index in [4.69, 9.17) is 5.73 Å². The van der Waals surface area contributed by atoms with Crippen LogP contribution in [0.4, 0.5) is 0 Å².